The van der Waals surface area contributed by atoms with Gasteiger partial charge in [0.1, 0.15) is 5.00 Å². The lowest BCUT2D eigenvalue weighted by atomic mass is 10.1. The molecule has 0 fully saturated rings. The van der Waals surface area contributed by atoms with Crippen LogP contribution in [0.2, 0.25) is 0 Å². The van der Waals surface area contributed by atoms with E-state index >= 15 is 0 Å². The van der Waals surface area contributed by atoms with Crippen molar-refractivity contribution in [2.75, 3.05) is 12.4 Å². The molecule has 0 bridgehead atoms. The number of hydrogen-bond acceptors (Lipinski definition) is 5. The molecule has 8 heteroatoms. The van der Waals surface area contributed by atoms with Crippen molar-refractivity contribution >= 4 is 39.6 Å². The van der Waals surface area contributed by atoms with Gasteiger partial charge in [0, 0.05) is 22.7 Å². The molecule has 0 aliphatic rings. The van der Waals surface area contributed by atoms with Crippen LogP contribution in [0.15, 0.2) is 6.20 Å². The third-order valence-electron chi connectivity index (χ3n) is 4.43. The van der Waals surface area contributed by atoms with E-state index in [2.05, 4.69) is 22.7 Å². The molecule has 2 rings (SSSR count). The number of ether oxygens (including phenoxy) is 1. The normalized spacial score (nSPS) is 11.9. The lowest BCUT2D eigenvalue weighted by Crippen LogP contribution is -2.31. The highest BCUT2D eigenvalue weighted by Gasteiger charge is 2.23. The predicted molar refractivity (Wildman–Crippen MR) is 110 cm³/mol. The Bertz CT molecular complexity index is 810. The number of nitrogens with zero attached hydrogens (tertiary/aromatic N) is 2. The van der Waals surface area contributed by atoms with Crippen molar-refractivity contribution in [3.63, 3.8) is 0 Å². The highest BCUT2D eigenvalue weighted by Crippen LogP contribution is 2.34. The van der Waals surface area contributed by atoms with E-state index in [0.717, 1.165) is 39.7 Å². The second-order valence-corrected chi connectivity index (χ2v) is 7.64. The molecule has 0 saturated heterocycles. The Morgan fingerprint density at radius 1 is 1.42 bits per heavy atom. The van der Waals surface area contributed by atoms with Gasteiger partial charge in [-0.25, -0.2) is 4.79 Å². The SMILES string of the molecule is CCc1c(C)sc(NC(=S)NC(C)c2cnn(CC)c2C)c1C(=O)OC. The average Bonchev–Trinajstić information content (AvgIpc) is 3.12. The molecule has 6 nitrogen and oxygen atoms in total. The van der Waals surface area contributed by atoms with Gasteiger partial charge in [-0.05, 0) is 51.9 Å². The number of rotatable bonds is 6. The number of aromatic nitrogens is 2. The summed E-state index contributed by atoms with van der Waals surface area (Å²) in [5, 5.41) is 12.0. The zero-order valence-corrected chi connectivity index (χ0v) is 17.7. The molecular formula is C18H26N4O2S2. The lowest BCUT2D eigenvalue weighted by molar-refractivity contribution is 0.0601. The molecule has 0 radical (unpaired) electrons. The first-order valence-electron chi connectivity index (χ1n) is 8.64. The summed E-state index contributed by atoms with van der Waals surface area (Å²) in [5.74, 6) is -0.343. The van der Waals surface area contributed by atoms with Crippen LogP contribution in [-0.2, 0) is 17.7 Å². The Labute approximate surface area is 163 Å². The largest absolute Gasteiger partial charge is 0.465 e. The van der Waals surface area contributed by atoms with Gasteiger partial charge in [0.25, 0.3) is 0 Å². The van der Waals surface area contributed by atoms with Gasteiger partial charge in [-0.2, -0.15) is 5.10 Å². The molecular weight excluding hydrogens is 368 g/mol. The minimum Gasteiger partial charge on any atom is -0.465 e. The van der Waals surface area contributed by atoms with Crippen LogP contribution < -0.4 is 10.6 Å². The van der Waals surface area contributed by atoms with Crippen LogP contribution in [-0.4, -0.2) is 28.0 Å². The van der Waals surface area contributed by atoms with Gasteiger partial charge in [-0.15, -0.1) is 11.3 Å². The van der Waals surface area contributed by atoms with E-state index in [4.69, 9.17) is 17.0 Å². The lowest BCUT2D eigenvalue weighted by Gasteiger charge is -2.17. The Morgan fingerprint density at radius 2 is 2.12 bits per heavy atom. The fourth-order valence-electron chi connectivity index (χ4n) is 3.03. The average molecular weight is 395 g/mol. The second-order valence-electron chi connectivity index (χ2n) is 6.01. The highest BCUT2D eigenvalue weighted by atomic mass is 32.1. The number of aryl methyl sites for hydroxylation is 2. The van der Waals surface area contributed by atoms with Gasteiger partial charge >= 0.3 is 5.97 Å². The summed E-state index contributed by atoms with van der Waals surface area (Å²) in [6.07, 6.45) is 2.63. The fourth-order valence-corrected chi connectivity index (χ4v) is 4.51. The summed E-state index contributed by atoms with van der Waals surface area (Å²) in [4.78, 5) is 13.3. The quantitative estimate of drug-likeness (QED) is 0.571. The van der Waals surface area contributed by atoms with E-state index in [1.165, 1.54) is 18.4 Å². The van der Waals surface area contributed by atoms with Gasteiger partial charge in [-0.1, -0.05) is 6.92 Å². The third-order valence-corrected chi connectivity index (χ3v) is 5.72. The minimum atomic E-state index is -0.343. The zero-order chi connectivity index (χ0) is 19.4. The number of thiophene rings is 1. The van der Waals surface area contributed by atoms with E-state index in [-0.39, 0.29) is 12.0 Å². The molecule has 2 N–H and O–H groups in total. The van der Waals surface area contributed by atoms with Crippen molar-refractivity contribution in [1.29, 1.82) is 0 Å². The van der Waals surface area contributed by atoms with Crippen molar-refractivity contribution in [2.45, 2.75) is 53.6 Å². The van der Waals surface area contributed by atoms with Crippen LogP contribution in [0.4, 0.5) is 5.00 Å². The maximum Gasteiger partial charge on any atom is 0.341 e. The van der Waals surface area contributed by atoms with Gasteiger partial charge in [-0.3, -0.25) is 4.68 Å². The van der Waals surface area contributed by atoms with Gasteiger partial charge in [0.05, 0.1) is 24.9 Å². The number of carbonyl (C=O) groups is 1. The van der Waals surface area contributed by atoms with Crippen LogP contribution >= 0.6 is 23.6 Å². The van der Waals surface area contributed by atoms with E-state index < -0.39 is 0 Å². The van der Waals surface area contributed by atoms with Crippen molar-refractivity contribution in [3.8, 4) is 0 Å². The summed E-state index contributed by atoms with van der Waals surface area (Å²) >= 11 is 6.98. The van der Waals surface area contributed by atoms with Crippen LogP contribution in [0.5, 0.6) is 0 Å². The molecule has 0 aliphatic heterocycles. The van der Waals surface area contributed by atoms with E-state index in [1.807, 2.05) is 38.6 Å². The van der Waals surface area contributed by atoms with Crippen molar-refractivity contribution in [1.82, 2.24) is 15.1 Å². The molecule has 0 amide bonds. The summed E-state index contributed by atoms with van der Waals surface area (Å²) in [6, 6.07) is 0.00332. The first kappa shape index (κ1) is 20.4. The number of esters is 1. The molecule has 1 atom stereocenters. The Kier molecular flexibility index (Phi) is 6.77. The third kappa shape index (κ3) is 4.07. The molecule has 0 aromatic carbocycles. The van der Waals surface area contributed by atoms with Crippen molar-refractivity contribution in [3.05, 3.63) is 33.5 Å². The smallest absolute Gasteiger partial charge is 0.341 e. The number of thiocarbonyl (C=S) groups is 1. The molecule has 0 spiro atoms. The van der Waals surface area contributed by atoms with Gasteiger partial charge < -0.3 is 15.4 Å². The number of carbonyl (C=O) groups excluding carboxylic acids is 1. The maximum atomic E-state index is 12.2. The number of anilines is 1. The molecule has 26 heavy (non-hydrogen) atoms. The Balaban J connectivity index is 2.17. The Morgan fingerprint density at radius 3 is 2.65 bits per heavy atom. The van der Waals surface area contributed by atoms with Crippen molar-refractivity contribution < 1.29 is 9.53 Å². The molecule has 142 valence electrons. The molecule has 1 unspecified atom stereocenters. The van der Waals surface area contributed by atoms with E-state index in [0.29, 0.717) is 10.7 Å². The molecule has 2 aromatic rings. The van der Waals surface area contributed by atoms with Crippen molar-refractivity contribution in [2.24, 2.45) is 0 Å². The first-order chi connectivity index (χ1) is 12.3. The number of nitrogens with one attached hydrogen (secondary N) is 2. The van der Waals surface area contributed by atoms with Gasteiger partial charge in [0.2, 0.25) is 0 Å². The number of methoxy groups -OCH3 is 1. The van der Waals surface area contributed by atoms with E-state index in [9.17, 15) is 4.79 Å². The molecule has 0 aliphatic carbocycles. The van der Waals surface area contributed by atoms with Crippen LogP contribution in [0.1, 0.15) is 58.9 Å². The summed E-state index contributed by atoms with van der Waals surface area (Å²) in [5.41, 5.74) is 3.79. The first-order valence-corrected chi connectivity index (χ1v) is 9.86. The minimum absolute atomic E-state index is 0.00332. The number of hydrogen-bond donors (Lipinski definition) is 2. The topological polar surface area (TPSA) is 68.2 Å². The zero-order valence-electron chi connectivity index (χ0n) is 16.1. The second kappa shape index (κ2) is 8.64. The highest BCUT2D eigenvalue weighted by molar-refractivity contribution is 7.80. The monoisotopic (exact) mass is 394 g/mol. The summed E-state index contributed by atoms with van der Waals surface area (Å²) < 4.78 is 6.90. The maximum absolute atomic E-state index is 12.2. The summed E-state index contributed by atoms with van der Waals surface area (Å²) in [6.45, 7) is 11.0. The van der Waals surface area contributed by atoms with Gasteiger partial charge in [0.15, 0.2) is 5.11 Å². The standard InChI is InChI=1S/C18H26N4O2S2/c1-7-13-12(5)26-16(15(13)17(23)24-6)21-18(25)20-10(3)14-9-19-22(8-2)11(14)4/h9-10H,7-8H2,1-6H3,(H2,20,21,25). The van der Waals surface area contributed by atoms with Crippen LogP contribution in [0.25, 0.3) is 0 Å². The molecule has 0 saturated carbocycles. The summed E-state index contributed by atoms with van der Waals surface area (Å²) in [7, 11) is 1.39. The van der Waals surface area contributed by atoms with Crippen LogP contribution in [0.3, 0.4) is 0 Å². The predicted octanol–water partition coefficient (Wildman–Crippen LogP) is 3.98. The van der Waals surface area contributed by atoms with Crippen LogP contribution in [0, 0.1) is 13.8 Å². The Hall–Kier alpha value is -1.93. The van der Waals surface area contributed by atoms with E-state index in [1.54, 1.807) is 0 Å². The fraction of sp³-hybridized carbons (Fsp3) is 0.500. The molecule has 2 heterocycles. The molecule has 2 aromatic heterocycles.